The molecule has 24 heavy (non-hydrogen) atoms. The van der Waals surface area contributed by atoms with E-state index in [0.29, 0.717) is 31.0 Å². The summed E-state index contributed by atoms with van der Waals surface area (Å²) in [4.78, 5) is 14.0. The summed E-state index contributed by atoms with van der Waals surface area (Å²) in [5.74, 6) is 0.954. The molecule has 0 fully saturated rings. The van der Waals surface area contributed by atoms with Gasteiger partial charge in [0.2, 0.25) is 5.91 Å². The molecule has 0 spiro atoms. The number of rotatable bonds is 7. The largest absolute Gasteiger partial charge is 0.493 e. The van der Waals surface area contributed by atoms with Crippen LogP contribution in [0.1, 0.15) is 29.5 Å². The van der Waals surface area contributed by atoms with Gasteiger partial charge in [0.1, 0.15) is 5.75 Å². The average molecular weight is 346 g/mol. The van der Waals surface area contributed by atoms with Gasteiger partial charge in [0, 0.05) is 25.0 Å². The summed E-state index contributed by atoms with van der Waals surface area (Å²) < 4.78 is 5.73. The summed E-state index contributed by atoms with van der Waals surface area (Å²) in [6.07, 6.45) is 1.17. The van der Waals surface area contributed by atoms with Gasteiger partial charge in [0.25, 0.3) is 0 Å². The topological polar surface area (TPSA) is 29.5 Å². The first kappa shape index (κ1) is 18.3. The molecule has 0 aliphatic rings. The number of carbonyl (C=O) groups excluding carboxylic acids is 1. The Morgan fingerprint density at radius 2 is 1.88 bits per heavy atom. The van der Waals surface area contributed by atoms with Gasteiger partial charge in [-0.05, 0) is 55.2 Å². The van der Waals surface area contributed by atoms with E-state index < -0.39 is 0 Å². The fraction of sp³-hybridized carbons (Fsp3) is 0.350. The number of hydrogen-bond donors (Lipinski definition) is 0. The van der Waals surface area contributed by atoms with Crippen molar-refractivity contribution in [2.75, 3.05) is 13.7 Å². The predicted molar refractivity (Wildman–Crippen MR) is 98.6 cm³/mol. The van der Waals surface area contributed by atoms with Crippen molar-refractivity contribution in [3.8, 4) is 5.75 Å². The van der Waals surface area contributed by atoms with Gasteiger partial charge in [-0.15, -0.1) is 0 Å². The second-order valence-corrected chi connectivity index (χ2v) is 6.47. The molecule has 0 bridgehead atoms. The highest BCUT2D eigenvalue weighted by atomic mass is 35.5. The predicted octanol–water partition coefficient (Wildman–Crippen LogP) is 4.77. The summed E-state index contributed by atoms with van der Waals surface area (Å²) in [5.41, 5.74) is 3.39. The number of aryl methyl sites for hydroxylation is 2. The molecule has 2 rings (SSSR count). The van der Waals surface area contributed by atoms with Crippen molar-refractivity contribution < 1.29 is 9.53 Å². The minimum absolute atomic E-state index is 0.134. The number of carbonyl (C=O) groups is 1. The Hall–Kier alpha value is -2.00. The SMILES string of the molecule is Cc1ccccc1CN(C)C(=O)CCCOc1ccc(Cl)cc1C. The summed E-state index contributed by atoms with van der Waals surface area (Å²) in [6, 6.07) is 13.7. The van der Waals surface area contributed by atoms with E-state index in [1.165, 1.54) is 11.1 Å². The average Bonchev–Trinajstić information content (AvgIpc) is 2.55. The zero-order chi connectivity index (χ0) is 17.5. The molecule has 0 aromatic heterocycles. The van der Waals surface area contributed by atoms with Crippen LogP contribution in [-0.2, 0) is 11.3 Å². The highest BCUT2D eigenvalue weighted by Gasteiger charge is 2.10. The minimum atomic E-state index is 0.134. The Morgan fingerprint density at radius 1 is 1.12 bits per heavy atom. The van der Waals surface area contributed by atoms with Gasteiger partial charge in [0.05, 0.1) is 6.61 Å². The molecule has 3 nitrogen and oxygen atoms in total. The molecule has 0 N–H and O–H groups in total. The minimum Gasteiger partial charge on any atom is -0.493 e. The third-order valence-electron chi connectivity index (χ3n) is 4.02. The monoisotopic (exact) mass is 345 g/mol. The van der Waals surface area contributed by atoms with Crippen LogP contribution in [0.3, 0.4) is 0 Å². The van der Waals surface area contributed by atoms with E-state index >= 15 is 0 Å². The van der Waals surface area contributed by atoms with Gasteiger partial charge >= 0.3 is 0 Å². The van der Waals surface area contributed by atoms with Crippen LogP contribution in [0.5, 0.6) is 5.75 Å². The standard InChI is InChI=1S/C20H24ClNO2/c1-15-7-4-5-8-17(15)14-22(3)20(23)9-6-12-24-19-11-10-18(21)13-16(19)2/h4-5,7-8,10-11,13H,6,9,12,14H2,1-3H3. The molecule has 0 atom stereocenters. The van der Waals surface area contributed by atoms with Gasteiger partial charge in [-0.25, -0.2) is 0 Å². The van der Waals surface area contributed by atoms with E-state index in [9.17, 15) is 4.79 Å². The normalized spacial score (nSPS) is 10.5. The molecule has 0 radical (unpaired) electrons. The summed E-state index contributed by atoms with van der Waals surface area (Å²) in [7, 11) is 1.85. The van der Waals surface area contributed by atoms with Crippen molar-refractivity contribution in [2.24, 2.45) is 0 Å². The third kappa shape index (κ3) is 5.27. The molecule has 0 saturated carbocycles. The van der Waals surface area contributed by atoms with Crippen molar-refractivity contribution in [3.05, 3.63) is 64.2 Å². The fourth-order valence-electron chi connectivity index (χ4n) is 2.50. The first-order chi connectivity index (χ1) is 11.5. The Bertz CT molecular complexity index is 700. The number of benzene rings is 2. The molecule has 0 saturated heterocycles. The van der Waals surface area contributed by atoms with E-state index in [2.05, 4.69) is 19.1 Å². The van der Waals surface area contributed by atoms with Crippen molar-refractivity contribution >= 4 is 17.5 Å². The molecular weight excluding hydrogens is 322 g/mol. The molecule has 0 heterocycles. The Labute approximate surface area is 149 Å². The molecular formula is C20H24ClNO2. The lowest BCUT2D eigenvalue weighted by Gasteiger charge is -2.18. The van der Waals surface area contributed by atoms with E-state index in [0.717, 1.165) is 11.3 Å². The summed E-state index contributed by atoms with van der Waals surface area (Å²) >= 11 is 5.93. The number of halogens is 1. The number of ether oxygens (including phenoxy) is 1. The Balaban J connectivity index is 1.75. The molecule has 0 aliphatic heterocycles. The van der Waals surface area contributed by atoms with Crippen LogP contribution in [0, 0.1) is 13.8 Å². The van der Waals surface area contributed by atoms with Gasteiger partial charge < -0.3 is 9.64 Å². The van der Waals surface area contributed by atoms with Crippen molar-refractivity contribution in [2.45, 2.75) is 33.2 Å². The van der Waals surface area contributed by atoms with Crippen molar-refractivity contribution in [3.63, 3.8) is 0 Å². The van der Waals surface area contributed by atoms with Crippen LogP contribution >= 0.6 is 11.6 Å². The molecule has 128 valence electrons. The Morgan fingerprint density at radius 3 is 2.58 bits per heavy atom. The van der Waals surface area contributed by atoms with Gasteiger partial charge in [-0.1, -0.05) is 35.9 Å². The highest BCUT2D eigenvalue weighted by Crippen LogP contribution is 2.22. The number of nitrogens with zero attached hydrogens (tertiary/aromatic N) is 1. The van der Waals surface area contributed by atoms with Crippen LogP contribution in [0.4, 0.5) is 0 Å². The van der Waals surface area contributed by atoms with Crippen LogP contribution in [0.2, 0.25) is 5.02 Å². The lowest BCUT2D eigenvalue weighted by Crippen LogP contribution is -2.26. The first-order valence-corrected chi connectivity index (χ1v) is 8.52. The molecule has 2 aromatic rings. The zero-order valence-corrected chi connectivity index (χ0v) is 15.3. The van der Waals surface area contributed by atoms with Gasteiger partial charge in [-0.3, -0.25) is 4.79 Å². The third-order valence-corrected chi connectivity index (χ3v) is 4.26. The van der Waals surface area contributed by atoms with Crippen molar-refractivity contribution in [1.82, 2.24) is 4.90 Å². The summed E-state index contributed by atoms with van der Waals surface area (Å²) in [5, 5.41) is 0.702. The number of hydrogen-bond acceptors (Lipinski definition) is 2. The van der Waals surface area contributed by atoms with Crippen molar-refractivity contribution in [1.29, 1.82) is 0 Å². The lowest BCUT2D eigenvalue weighted by molar-refractivity contribution is -0.130. The smallest absolute Gasteiger partial charge is 0.222 e. The molecule has 0 unspecified atom stereocenters. The van der Waals surface area contributed by atoms with Gasteiger partial charge in [0.15, 0.2) is 0 Å². The van der Waals surface area contributed by atoms with Gasteiger partial charge in [-0.2, -0.15) is 0 Å². The number of amides is 1. The zero-order valence-electron chi connectivity index (χ0n) is 14.5. The van der Waals surface area contributed by atoms with Crippen LogP contribution < -0.4 is 4.74 Å². The molecule has 1 amide bonds. The lowest BCUT2D eigenvalue weighted by atomic mass is 10.1. The molecule has 2 aromatic carbocycles. The molecule has 4 heteroatoms. The summed E-state index contributed by atoms with van der Waals surface area (Å²) in [6.45, 7) is 5.19. The van der Waals surface area contributed by atoms with Crippen LogP contribution in [0.25, 0.3) is 0 Å². The second kappa shape index (κ2) is 8.74. The van der Waals surface area contributed by atoms with Crippen LogP contribution in [-0.4, -0.2) is 24.5 Å². The van der Waals surface area contributed by atoms with Crippen LogP contribution in [0.15, 0.2) is 42.5 Å². The van der Waals surface area contributed by atoms with E-state index in [-0.39, 0.29) is 5.91 Å². The highest BCUT2D eigenvalue weighted by molar-refractivity contribution is 6.30. The maximum Gasteiger partial charge on any atom is 0.222 e. The first-order valence-electron chi connectivity index (χ1n) is 8.15. The van der Waals surface area contributed by atoms with E-state index in [1.54, 1.807) is 4.90 Å². The quantitative estimate of drug-likeness (QED) is 0.676. The maximum absolute atomic E-state index is 12.2. The Kier molecular flexibility index (Phi) is 6.68. The van der Waals surface area contributed by atoms with E-state index in [1.807, 2.05) is 44.3 Å². The fourth-order valence-corrected chi connectivity index (χ4v) is 2.73. The van der Waals surface area contributed by atoms with E-state index in [4.69, 9.17) is 16.3 Å². The molecule has 0 aliphatic carbocycles. The maximum atomic E-state index is 12.2. The second-order valence-electron chi connectivity index (χ2n) is 6.04.